The first-order valence-electron chi connectivity index (χ1n) is 10.0. The Morgan fingerprint density at radius 1 is 0.621 bits per heavy atom. The zero-order chi connectivity index (χ0) is 20.5. The largest absolute Gasteiger partial charge is 0.534 e. The molecule has 4 aromatic carbocycles. The first-order chi connectivity index (χ1) is 13.9. The van der Waals surface area contributed by atoms with Crippen LogP contribution in [0.5, 0.6) is 5.75 Å². The van der Waals surface area contributed by atoms with Crippen LogP contribution < -0.4 is 20.5 Å². The summed E-state index contributed by atoms with van der Waals surface area (Å²) in [5.74, 6) is 0.893. The van der Waals surface area contributed by atoms with Gasteiger partial charge < -0.3 is 10.2 Å². The first kappa shape index (κ1) is 19.3. The quantitative estimate of drug-likeness (QED) is 0.372. The molecule has 0 radical (unpaired) electrons. The van der Waals surface area contributed by atoms with E-state index in [-0.39, 0.29) is 5.04 Å². The first-order valence-corrected chi connectivity index (χ1v) is 11.9. The molecule has 0 heterocycles. The molecule has 0 amide bonds. The van der Waals surface area contributed by atoms with E-state index in [1.54, 1.807) is 0 Å². The summed E-state index contributed by atoms with van der Waals surface area (Å²) < 4.78 is 7.19. The lowest BCUT2D eigenvalue weighted by Crippen LogP contribution is -2.68. The van der Waals surface area contributed by atoms with Gasteiger partial charge in [-0.15, -0.1) is 0 Å². The minimum Gasteiger partial charge on any atom is -0.534 e. The zero-order valence-electron chi connectivity index (χ0n) is 17.2. The van der Waals surface area contributed by atoms with Crippen LogP contribution in [-0.2, 0) is 0 Å². The van der Waals surface area contributed by atoms with E-state index in [4.69, 9.17) is 10.2 Å². The molecule has 2 nitrogen and oxygen atoms in total. The van der Waals surface area contributed by atoms with E-state index in [9.17, 15) is 0 Å². The maximum absolute atomic E-state index is 7.19. The van der Waals surface area contributed by atoms with Crippen molar-refractivity contribution < 1.29 is 4.43 Å². The van der Waals surface area contributed by atoms with Gasteiger partial charge in [0.1, 0.15) is 5.75 Å². The lowest BCUT2D eigenvalue weighted by molar-refractivity contribution is 0.513. The third-order valence-corrected chi connectivity index (χ3v) is 10.5. The Morgan fingerprint density at radius 2 is 1.14 bits per heavy atom. The van der Waals surface area contributed by atoms with E-state index in [0.29, 0.717) is 0 Å². The lowest BCUT2D eigenvalue weighted by atomic mass is 10.1. The highest BCUT2D eigenvalue weighted by molar-refractivity contribution is 7.00. The molecule has 0 aliphatic heterocycles. The highest BCUT2D eigenvalue weighted by atomic mass is 28.4. The predicted octanol–water partition coefficient (Wildman–Crippen LogP) is 5.36. The van der Waals surface area contributed by atoms with Crippen LogP contribution in [-0.4, -0.2) is 8.32 Å². The van der Waals surface area contributed by atoms with Crippen LogP contribution in [0.3, 0.4) is 0 Å². The minimum absolute atomic E-state index is 0.0851. The van der Waals surface area contributed by atoms with Gasteiger partial charge in [0.05, 0.1) is 0 Å². The molecular weight excluding hydrogens is 370 g/mol. The minimum atomic E-state index is -2.67. The van der Waals surface area contributed by atoms with Crippen molar-refractivity contribution >= 4 is 35.2 Å². The SMILES string of the molecule is CC(C)(C)[Si](Oc1cccc2c(N)cccc12)(c1ccccc1)c1ccccc1. The fraction of sp³-hybridized carbons (Fsp3) is 0.154. The molecule has 0 aliphatic carbocycles. The second kappa shape index (κ2) is 7.41. The standard InChI is InChI=1S/C26H27NOSi/c1-26(2,3)29(20-12-6-4-7-13-20,21-14-8-5-9-15-21)28-25-19-11-16-22-23(25)17-10-18-24(22)27/h4-19H,27H2,1-3H3. The second-order valence-electron chi connectivity index (χ2n) is 8.46. The summed E-state index contributed by atoms with van der Waals surface area (Å²) in [6.45, 7) is 6.87. The molecular formula is C26H27NOSi. The third kappa shape index (κ3) is 3.32. The van der Waals surface area contributed by atoms with Crippen LogP contribution in [0.15, 0.2) is 97.1 Å². The molecule has 0 aliphatic rings. The van der Waals surface area contributed by atoms with Crippen molar-refractivity contribution in [1.82, 2.24) is 0 Å². The van der Waals surface area contributed by atoms with E-state index in [1.807, 2.05) is 18.2 Å². The Morgan fingerprint density at radius 3 is 1.69 bits per heavy atom. The Kier molecular flexibility index (Phi) is 4.93. The summed E-state index contributed by atoms with van der Waals surface area (Å²) in [6.07, 6.45) is 0. The Bertz CT molecular complexity index is 1080. The molecule has 0 saturated carbocycles. The van der Waals surface area contributed by atoms with Crippen LogP contribution in [0.4, 0.5) is 5.69 Å². The lowest BCUT2D eigenvalue weighted by Gasteiger charge is -2.43. The molecule has 0 aromatic heterocycles. The summed E-state index contributed by atoms with van der Waals surface area (Å²) in [7, 11) is -2.67. The molecule has 0 spiro atoms. The van der Waals surface area contributed by atoms with Crippen molar-refractivity contribution in [3.63, 3.8) is 0 Å². The molecule has 0 bridgehead atoms. The smallest absolute Gasteiger partial charge is 0.319 e. The normalized spacial score (nSPS) is 12.1. The molecule has 3 heteroatoms. The third-order valence-electron chi connectivity index (χ3n) is 5.60. The van der Waals surface area contributed by atoms with Gasteiger partial charge in [-0.1, -0.05) is 106 Å². The summed E-state index contributed by atoms with van der Waals surface area (Å²) in [5, 5.41) is 4.53. The molecule has 0 saturated heterocycles. The van der Waals surface area contributed by atoms with Crippen LogP contribution >= 0.6 is 0 Å². The average Bonchev–Trinajstić information content (AvgIpc) is 2.73. The van der Waals surface area contributed by atoms with E-state index < -0.39 is 8.32 Å². The number of rotatable bonds is 4. The van der Waals surface area contributed by atoms with Crippen molar-refractivity contribution in [2.24, 2.45) is 0 Å². The molecule has 0 atom stereocenters. The van der Waals surface area contributed by atoms with Crippen LogP contribution in [0, 0.1) is 0 Å². The molecule has 146 valence electrons. The van der Waals surface area contributed by atoms with Gasteiger partial charge in [-0.25, -0.2) is 0 Å². The Balaban J connectivity index is 2.01. The molecule has 0 fully saturated rings. The number of anilines is 1. The highest BCUT2D eigenvalue weighted by Crippen LogP contribution is 2.39. The number of hydrogen-bond acceptors (Lipinski definition) is 2. The molecule has 4 aromatic rings. The van der Waals surface area contributed by atoms with Crippen molar-refractivity contribution in [3.05, 3.63) is 97.1 Å². The van der Waals surface area contributed by atoms with Crippen LogP contribution in [0.1, 0.15) is 20.8 Å². The van der Waals surface area contributed by atoms with Crippen molar-refractivity contribution in [3.8, 4) is 5.75 Å². The molecule has 0 unspecified atom stereocenters. The Labute approximate surface area is 174 Å². The maximum Gasteiger partial charge on any atom is 0.319 e. The fourth-order valence-electron chi connectivity index (χ4n) is 4.21. The number of fused-ring (bicyclic) bond motifs is 1. The van der Waals surface area contributed by atoms with E-state index >= 15 is 0 Å². The van der Waals surface area contributed by atoms with E-state index in [1.165, 1.54) is 10.4 Å². The van der Waals surface area contributed by atoms with Gasteiger partial charge >= 0.3 is 8.32 Å². The van der Waals surface area contributed by atoms with E-state index in [0.717, 1.165) is 22.2 Å². The van der Waals surface area contributed by atoms with Crippen LogP contribution in [0.2, 0.25) is 5.04 Å². The summed E-state index contributed by atoms with van der Waals surface area (Å²) in [4.78, 5) is 0. The average molecular weight is 398 g/mol. The molecule has 4 rings (SSSR count). The fourth-order valence-corrected chi connectivity index (χ4v) is 8.65. The Hall–Kier alpha value is -3.04. The number of nitrogen functional groups attached to an aromatic ring is 1. The monoisotopic (exact) mass is 397 g/mol. The summed E-state index contributed by atoms with van der Waals surface area (Å²) in [5.41, 5.74) is 7.03. The summed E-state index contributed by atoms with van der Waals surface area (Å²) in [6, 6.07) is 33.6. The van der Waals surface area contributed by atoms with Gasteiger partial charge in [0.2, 0.25) is 0 Å². The number of benzene rings is 4. The summed E-state index contributed by atoms with van der Waals surface area (Å²) >= 11 is 0. The van der Waals surface area contributed by atoms with Crippen molar-refractivity contribution in [2.45, 2.75) is 25.8 Å². The highest BCUT2D eigenvalue weighted by Gasteiger charge is 2.52. The van der Waals surface area contributed by atoms with Crippen molar-refractivity contribution in [1.29, 1.82) is 0 Å². The van der Waals surface area contributed by atoms with Crippen molar-refractivity contribution in [2.75, 3.05) is 5.73 Å². The molecule has 2 N–H and O–H groups in total. The van der Waals surface area contributed by atoms with Gasteiger partial charge in [-0.3, -0.25) is 0 Å². The topological polar surface area (TPSA) is 35.2 Å². The maximum atomic E-state index is 7.19. The predicted molar refractivity (Wildman–Crippen MR) is 127 cm³/mol. The van der Waals surface area contributed by atoms with Gasteiger partial charge in [0.25, 0.3) is 0 Å². The van der Waals surface area contributed by atoms with Gasteiger partial charge in [0.15, 0.2) is 0 Å². The van der Waals surface area contributed by atoms with Gasteiger partial charge in [-0.05, 0) is 27.5 Å². The zero-order valence-corrected chi connectivity index (χ0v) is 18.2. The van der Waals surface area contributed by atoms with Gasteiger partial charge in [0, 0.05) is 16.5 Å². The molecule has 29 heavy (non-hydrogen) atoms. The second-order valence-corrected chi connectivity index (χ2v) is 12.7. The van der Waals surface area contributed by atoms with Gasteiger partial charge in [-0.2, -0.15) is 0 Å². The van der Waals surface area contributed by atoms with E-state index in [2.05, 4.69) is 99.6 Å². The number of hydrogen-bond donors (Lipinski definition) is 1. The van der Waals surface area contributed by atoms with Crippen LogP contribution in [0.25, 0.3) is 10.8 Å². The number of nitrogens with two attached hydrogens (primary N) is 1.